The number of carbonyl (C=O) groups is 8. The molecule has 236 valence electrons. The van der Waals surface area contributed by atoms with Gasteiger partial charge in [-0.25, -0.2) is 0 Å². The second kappa shape index (κ2) is 14.3. The largest absolute Gasteiger partial charge is 0.481 e. The third-order valence-corrected chi connectivity index (χ3v) is 7.04. The zero-order chi connectivity index (χ0) is 31.8. The summed E-state index contributed by atoms with van der Waals surface area (Å²) in [4.78, 5) is 106. The van der Waals surface area contributed by atoms with Crippen LogP contribution in [0.25, 0.3) is 0 Å². The maximum Gasteiger partial charge on any atom is 0.305 e. The van der Waals surface area contributed by atoms with Crippen molar-refractivity contribution in [3.8, 4) is 0 Å². The molecule has 6 atom stereocenters. The van der Waals surface area contributed by atoms with Crippen molar-refractivity contribution in [3.05, 3.63) is 0 Å². The van der Waals surface area contributed by atoms with Gasteiger partial charge in [-0.3, -0.25) is 43.3 Å². The number of piperazine rings is 1. The molecule has 0 unspecified atom stereocenters. The molecule has 7 amide bonds. The smallest absolute Gasteiger partial charge is 0.305 e. The van der Waals surface area contributed by atoms with Crippen molar-refractivity contribution < 1.29 is 43.5 Å². The number of rotatable bonds is 6. The summed E-state index contributed by atoms with van der Waals surface area (Å²) in [6.07, 6.45) is -0.970. The summed E-state index contributed by atoms with van der Waals surface area (Å²) in [7, 11) is 0. The van der Waals surface area contributed by atoms with Gasteiger partial charge in [-0.05, 0) is 26.2 Å². The third-order valence-electron chi connectivity index (χ3n) is 7.04. The first-order valence-electron chi connectivity index (χ1n) is 13.6. The summed E-state index contributed by atoms with van der Waals surface area (Å²) in [6, 6.07) is -6.80. The minimum absolute atomic E-state index is 0.0216. The summed E-state index contributed by atoms with van der Waals surface area (Å²) >= 11 is 0. The molecule has 3 aliphatic rings. The molecule has 3 saturated heterocycles. The minimum Gasteiger partial charge on any atom is -0.481 e. The Balaban J connectivity index is 1.84. The number of guanidine groups is 1. The number of aliphatic carboxylic acids is 1. The number of carboxylic acid groups (broad SMARTS) is 1. The number of amides is 7. The van der Waals surface area contributed by atoms with Crippen LogP contribution >= 0.6 is 0 Å². The molecule has 19 heteroatoms. The second-order valence-corrected chi connectivity index (χ2v) is 10.4. The van der Waals surface area contributed by atoms with Crippen LogP contribution in [0.5, 0.6) is 0 Å². The Kier molecular flexibility index (Phi) is 10.8. The molecule has 19 nitrogen and oxygen atoms in total. The quantitative estimate of drug-likeness (QED) is 0.0777. The molecule has 11 N–H and O–H groups in total. The Morgan fingerprint density at radius 2 is 1.63 bits per heavy atom. The number of nitrogens with one attached hydrogen (secondary N) is 6. The van der Waals surface area contributed by atoms with Gasteiger partial charge in [-0.15, -0.1) is 0 Å². The highest BCUT2D eigenvalue weighted by molar-refractivity contribution is 6.01. The number of hydrogen-bond donors (Lipinski definition) is 9. The number of carboxylic acids is 1. The van der Waals surface area contributed by atoms with E-state index in [9.17, 15) is 43.5 Å². The van der Waals surface area contributed by atoms with Gasteiger partial charge in [0.15, 0.2) is 5.96 Å². The van der Waals surface area contributed by atoms with E-state index in [1.165, 1.54) is 11.8 Å². The fourth-order valence-electron chi connectivity index (χ4n) is 4.94. The highest BCUT2D eigenvalue weighted by Crippen LogP contribution is 2.24. The fourth-order valence-corrected chi connectivity index (χ4v) is 4.94. The van der Waals surface area contributed by atoms with E-state index in [1.54, 1.807) is 0 Å². The monoisotopic (exact) mass is 608 g/mol. The Hall–Kier alpha value is -4.97. The molecule has 0 aliphatic carbocycles. The summed E-state index contributed by atoms with van der Waals surface area (Å²) in [5.41, 5.74) is 10.6. The lowest BCUT2D eigenvalue weighted by molar-refractivity contribution is -0.148. The Labute approximate surface area is 245 Å². The van der Waals surface area contributed by atoms with Crippen LogP contribution in [-0.2, 0) is 38.4 Å². The number of fused-ring (bicyclic) bond motifs is 2. The van der Waals surface area contributed by atoms with Crippen LogP contribution in [0.4, 0.5) is 0 Å². The van der Waals surface area contributed by atoms with Crippen LogP contribution in [-0.4, -0.2) is 119 Å². The van der Waals surface area contributed by atoms with E-state index in [4.69, 9.17) is 11.5 Å². The molecule has 3 aliphatic heterocycles. The molecule has 0 aromatic heterocycles. The Morgan fingerprint density at radius 1 is 0.907 bits per heavy atom. The predicted octanol–water partition coefficient (Wildman–Crippen LogP) is -5.91. The van der Waals surface area contributed by atoms with Crippen molar-refractivity contribution in [2.24, 2.45) is 16.5 Å². The molecule has 0 radical (unpaired) electrons. The summed E-state index contributed by atoms with van der Waals surface area (Å²) in [5, 5.41) is 23.9. The van der Waals surface area contributed by atoms with E-state index in [-0.39, 0.29) is 38.3 Å². The number of aliphatic imine (C=N–C) groups is 1. The number of carbonyl (C=O) groups excluding carboxylic acids is 7. The van der Waals surface area contributed by atoms with Gasteiger partial charge in [0, 0.05) is 19.1 Å². The molecule has 0 spiro atoms. The molecule has 0 aromatic rings. The van der Waals surface area contributed by atoms with Gasteiger partial charge in [0.1, 0.15) is 30.2 Å². The number of hydrogen-bond acceptors (Lipinski definition) is 9. The van der Waals surface area contributed by atoms with Crippen LogP contribution in [0, 0.1) is 0 Å². The molecule has 3 rings (SSSR count). The Bertz CT molecular complexity index is 1200. The number of nitrogens with zero attached hydrogens (tertiary/aromatic N) is 2. The zero-order valence-corrected chi connectivity index (χ0v) is 23.4. The normalized spacial score (nSPS) is 29.0. The maximum absolute atomic E-state index is 13.1. The third kappa shape index (κ3) is 9.01. The predicted molar refractivity (Wildman–Crippen MR) is 145 cm³/mol. The van der Waals surface area contributed by atoms with Gasteiger partial charge >= 0.3 is 5.97 Å². The zero-order valence-electron chi connectivity index (χ0n) is 23.4. The van der Waals surface area contributed by atoms with Crippen LogP contribution in [0.15, 0.2) is 4.99 Å². The standard InChI is InChI=1S/C24H36N10O9/c1-10-19(39)32-12(3-2-4-27-24(25)26)20(40)28-8-17(36)31-13(7-18(37)38)21(41)30-11-5-15-22(42)33-14(6-16(35)29-10)23(43)34(15)9-11/h10-15H,2-9H2,1H3,(H,28,40)(H,29,35)(H,30,41)(H,31,36)(H,32,39)(H,33,42)(H,37,38)(H4,25,26,27)/t10-,11-,12-,13-,14-,15-/m0/s1. The average molecular weight is 609 g/mol. The van der Waals surface area contributed by atoms with Crippen molar-refractivity contribution in [1.82, 2.24) is 36.8 Å². The summed E-state index contributed by atoms with van der Waals surface area (Å²) in [5.74, 6) is -6.71. The van der Waals surface area contributed by atoms with Gasteiger partial charge in [0.05, 0.1) is 19.4 Å². The molecule has 0 aromatic carbocycles. The maximum atomic E-state index is 13.1. The van der Waals surface area contributed by atoms with Gasteiger partial charge < -0.3 is 53.4 Å². The lowest BCUT2D eigenvalue weighted by Gasteiger charge is -2.34. The van der Waals surface area contributed by atoms with Crippen LogP contribution < -0.4 is 43.4 Å². The first kappa shape index (κ1) is 32.5. The van der Waals surface area contributed by atoms with Gasteiger partial charge in [0.25, 0.3) is 0 Å². The van der Waals surface area contributed by atoms with E-state index in [0.29, 0.717) is 0 Å². The molecule has 3 fully saturated rings. The van der Waals surface area contributed by atoms with E-state index in [1.807, 2.05) is 0 Å². The van der Waals surface area contributed by atoms with Crippen LogP contribution in [0.3, 0.4) is 0 Å². The minimum atomic E-state index is -1.54. The highest BCUT2D eigenvalue weighted by atomic mass is 16.4. The summed E-state index contributed by atoms with van der Waals surface area (Å²) < 4.78 is 0. The van der Waals surface area contributed by atoms with Gasteiger partial charge in [-0.1, -0.05) is 0 Å². The lowest BCUT2D eigenvalue weighted by Crippen LogP contribution is -2.62. The van der Waals surface area contributed by atoms with Crippen molar-refractivity contribution in [1.29, 1.82) is 0 Å². The average Bonchev–Trinajstić information content (AvgIpc) is 3.35. The highest BCUT2D eigenvalue weighted by Gasteiger charge is 2.47. The van der Waals surface area contributed by atoms with E-state index in [2.05, 4.69) is 36.9 Å². The molecule has 3 bridgehead atoms. The lowest BCUT2D eigenvalue weighted by atomic mass is 10.0. The van der Waals surface area contributed by atoms with Crippen molar-refractivity contribution in [2.45, 2.75) is 75.3 Å². The first-order valence-corrected chi connectivity index (χ1v) is 13.6. The van der Waals surface area contributed by atoms with E-state index in [0.717, 1.165) is 0 Å². The molecule has 3 heterocycles. The molecular formula is C24H36N10O9. The van der Waals surface area contributed by atoms with Crippen LogP contribution in [0.1, 0.15) is 39.0 Å². The fraction of sp³-hybridized carbons (Fsp3) is 0.625. The van der Waals surface area contributed by atoms with E-state index < -0.39 is 103 Å². The second-order valence-electron chi connectivity index (χ2n) is 10.4. The Morgan fingerprint density at radius 3 is 2.30 bits per heavy atom. The summed E-state index contributed by atoms with van der Waals surface area (Å²) in [6.45, 7) is 0.730. The topological polar surface area (TPSA) is 297 Å². The molecule has 43 heavy (non-hydrogen) atoms. The van der Waals surface area contributed by atoms with E-state index >= 15 is 0 Å². The van der Waals surface area contributed by atoms with Crippen molar-refractivity contribution in [2.75, 3.05) is 19.6 Å². The van der Waals surface area contributed by atoms with Gasteiger partial charge in [0.2, 0.25) is 41.4 Å². The van der Waals surface area contributed by atoms with Crippen molar-refractivity contribution in [3.63, 3.8) is 0 Å². The molecular weight excluding hydrogens is 572 g/mol. The first-order chi connectivity index (χ1) is 20.2. The van der Waals surface area contributed by atoms with Crippen molar-refractivity contribution >= 4 is 53.3 Å². The number of nitrogens with two attached hydrogens (primary N) is 2. The van der Waals surface area contributed by atoms with Crippen LogP contribution in [0.2, 0.25) is 0 Å². The molecule has 0 saturated carbocycles. The SMILES string of the molecule is C[C@@H]1NC(=O)C[C@@H]2NC(=O)[C@@H]3C[C@@H](CN3C2=O)NC(=O)[C@H](CC(=O)O)NC(=O)CNC(=O)[C@H](CCCN=C(N)N)NC1=O. The van der Waals surface area contributed by atoms with Gasteiger partial charge in [-0.2, -0.15) is 0 Å².